The van der Waals surface area contributed by atoms with Gasteiger partial charge in [0.25, 0.3) is 0 Å². The molecule has 2 atom stereocenters. The first-order valence-corrected chi connectivity index (χ1v) is 7.69. The summed E-state index contributed by atoms with van der Waals surface area (Å²) in [5, 5.41) is 18.8. The number of benzene rings is 1. The number of aliphatic hydroxyl groups is 1. The number of nitrogens with zero attached hydrogens (tertiary/aromatic N) is 2. The van der Waals surface area contributed by atoms with Crippen molar-refractivity contribution in [1.82, 2.24) is 15.1 Å². The van der Waals surface area contributed by atoms with E-state index in [0.29, 0.717) is 18.1 Å². The lowest BCUT2D eigenvalue weighted by atomic mass is 10.1. The molecule has 2 N–H and O–H groups in total. The summed E-state index contributed by atoms with van der Waals surface area (Å²) in [7, 11) is 1.85. The van der Waals surface area contributed by atoms with Crippen LogP contribution in [0.1, 0.15) is 35.3 Å². The molecule has 3 rings (SSSR count). The lowest BCUT2D eigenvalue weighted by molar-refractivity contribution is 0.140. The van der Waals surface area contributed by atoms with Crippen LogP contribution < -0.4 is 5.32 Å². The normalized spacial score (nSPS) is 20.8. The Labute approximate surface area is 129 Å². The molecule has 2 aromatic rings. The van der Waals surface area contributed by atoms with Crippen molar-refractivity contribution in [2.45, 2.75) is 38.5 Å². The number of hydrogen-bond donors (Lipinski definition) is 2. The minimum atomic E-state index is -0.386. The van der Waals surface area contributed by atoms with Crippen molar-refractivity contribution in [3.05, 3.63) is 51.8 Å². The molecule has 0 aliphatic heterocycles. The van der Waals surface area contributed by atoms with Crippen molar-refractivity contribution in [3.63, 3.8) is 0 Å². The zero-order valence-corrected chi connectivity index (χ0v) is 13.1. The molecule has 0 spiro atoms. The van der Waals surface area contributed by atoms with E-state index in [9.17, 15) is 5.11 Å². The van der Waals surface area contributed by atoms with Crippen LogP contribution in [0.4, 0.5) is 0 Å². The van der Waals surface area contributed by atoms with E-state index in [1.807, 2.05) is 19.2 Å². The van der Waals surface area contributed by atoms with Gasteiger partial charge in [0, 0.05) is 25.6 Å². The molecule has 1 heterocycles. The van der Waals surface area contributed by atoms with Gasteiger partial charge in [-0.2, -0.15) is 5.10 Å². The highest BCUT2D eigenvalue weighted by atomic mass is 35.5. The summed E-state index contributed by atoms with van der Waals surface area (Å²) in [6.07, 6.45) is 1.17. The van der Waals surface area contributed by atoms with Crippen LogP contribution in [0, 0.1) is 0 Å². The van der Waals surface area contributed by atoms with E-state index in [1.165, 1.54) is 11.1 Å². The second kappa shape index (κ2) is 5.79. The fraction of sp³-hybridized carbons (Fsp3) is 0.438. The molecule has 112 valence electrons. The maximum Gasteiger partial charge on any atom is 0.131 e. The molecule has 0 unspecified atom stereocenters. The zero-order valence-electron chi connectivity index (χ0n) is 12.3. The van der Waals surface area contributed by atoms with Gasteiger partial charge in [-0.3, -0.25) is 4.68 Å². The lowest BCUT2D eigenvalue weighted by Gasteiger charge is -2.18. The Morgan fingerprint density at radius 1 is 1.43 bits per heavy atom. The molecule has 1 aliphatic carbocycles. The fourth-order valence-corrected chi connectivity index (χ4v) is 3.30. The van der Waals surface area contributed by atoms with Crippen LogP contribution in [0.15, 0.2) is 24.3 Å². The highest BCUT2D eigenvalue weighted by Crippen LogP contribution is 2.32. The predicted molar refractivity (Wildman–Crippen MR) is 83.3 cm³/mol. The first-order valence-electron chi connectivity index (χ1n) is 7.31. The lowest BCUT2D eigenvalue weighted by Crippen LogP contribution is -2.28. The van der Waals surface area contributed by atoms with Gasteiger partial charge in [-0.1, -0.05) is 42.8 Å². The highest BCUT2D eigenvalue weighted by molar-refractivity contribution is 6.30. The van der Waals surface area contributed by atoms with E-state index in [0.717, 1.165) is 17.7 Å². The smallest absolute Gasteiger partial charge is 0.131 e. The minimum Gasteiger partial charge on any atom is -0.391 e. The van der Waals surface area contributed by atoms with Gasteiger partial charge in [0.1, 0.15) is 5.15 Å². The van der Waals surface area contributed by atoms with Crippen LogP contribution in [0.2, 0.25) is 5.15 Å². The molecule has 0 saturated carbocycles. The zero-order chi connectivity index (χ0) is 15.0. The van der Waals surface area contributed by atoms with Crippen molar-refractivity contribution in [2.75, 3.05) is 0 Å². The Hall–Kier alpha value is -1.36. The number of hydrogen-bond acceptors (Lipinski definition) is 3. The van der Waals surface area contributed by atoms with Crippen LogP contribution in [0.5, 0.6) is 0 Å². The monoisotopic (exact) mass is 305 g/mol. The van der Waals surface area contributed by atoms with E-state index in [4.69, 9.17) is 11.6 Å². The molecule has 0 amide bonds. The molecule has 1 aliphatic rings. The fourth-order valence-electron chi connectivity index (χ4n) is 3.09. The van der Waals surface area contributed by atoms with Gasteiger partial charge in [0.05, 0.1) is 17.8 Å². The molecule has 1 aromatic carbocycles. The third-order valence-electron chi connectivity index (χ3n) is 4.19. The van der Waals surface area contributed by atoms with Gasteiger partial charge in [-0.15, -0.1) is 0 Å². The number of aryl methyl sites for hydroxylation is 2. The van der Waals surface area contributed by atoms with Crippen molar-refractivity contribution >= 4 is 11.6 Å². The van der Waals surface area contributed by atoms with Crippen LogP contribution in [-0.2, 0) is 26.4 Å². The molecule has 0 fully saturated rings. The molecular formula is C16H20ClN3O. The van der Waals surface area contributed by atoms with E-state index >= 15 is 0 Å². The minimum absolute atomic E-state index is 0.0396. The Morgan fingerprint density at radius 2 is 2.19 bits per heavy atom. The first kappa shape index (κ1) is 14.6. The molecule has 0 saturated heterocycles. The van der Waals surface area contributed by atoms with Crippen molar-refractivity contribution in [1.29, 1.82) is 0 Å². The largest absolute Gasteiger partial charge is 0.391 e. The van der Waals surface area contributed by atoms with Gasteiger partial charge < -0.3 is 10.4 Å². The summed E-state index contributed by atoms with van der Waals surface area (Å²) in [5.41, 5.74) is 4.44. The number of rotatable bonds is 4. The Morgan fingerprint density at radius 3 is 2.95 bits per heavy atom. The van der Waals surface area contributed by atoms with Crippen LogP contribution >= 0.6 is 11.6 Å². The third-order valence-corrected chi connectivity index (χ3v) is 4.66. The average Bonchev–Trinajstić information content (AvgIpc) is 2.94. The van der Waals surface area contributed by atoms with Crippen LogP contribution in [-0.4, -0.2) is 21.0 Å². The number of fused-ring (bicyclic) bond motifs is 1. The van der Waals surface area contributed by atoms with Gasteiger partial charge in [-0.25, -0.2) is 0 Å². The highest BCUT2D eigenvalue weighted by Gasteiger charge is 2.30. The summed E-state index contributed by atoms with van der Waals surface area (Å²) in [4.78, 5) is 0. The van der Waals surface area contributed by atoms with E-state index < -0.39 is 0 Å². The number of halogens is 1. The summed E-state index contributed by atoms with van der Waals surface area (Å²) >= 11 is 6.31. The second-order valence-electron chi connectivity index (χ2n) is 5.52. The Balaban J connectivity index is 1.80. The van der Waals surface area contributed by atoms with E-state index in [2.05, 4.69) is 29.5 Å². The number of aromatic nitrogens is 2. The average molecular weight is 306 g/mol. The maximum absolute atomic E-state index is 10.3. The van der Waals surface area contributed by atoms with Crippen molar-refractivity contribution < 1.29 is 5.11 Å². The molecule has 0 radical (unpaired) electrons. The quantitative estimate of drug-likeness (QED) is 0.912. The molecular weight excluding hydrogens is 286 g/mol. The topological polar surface area (TPSA) is 50.1 Å². The first-order chi connectivity index (χ1) is 10.1. The summed E-state index contributed by atoms with van der Waals surface area (Å²) < 4.78 is 1.70. The standard InChI is InChI=1S/C16H20ClN3O/c1-3-13-12(16(17)20(2)19-13)9-18-15-11-7-5-4-6-10(11)8-14(15)21/h4-7,14-15,18,21H,3,8-9H2,1-2H3/t14-,15+/m0/s1. The summed E-state index contributed by atoms with van der Waals surface area (Å²) in [6.45, 7) is 2.69. The van der Waals surface area contributed by atoms with Crippen molar-refractivity contribution in [2.24, 2.45) is 7.05 Å². The molecule has 0 bridgehead atoms. The molecule has 4 nitrogen and oxygen atoms in total. The summed E-state index contributed by atoms with van der Waals surface area (Å²) in [6, 6.07) is 8.15. The van der Waals surface area contributed by atoms with Gasteiger partial charge >= 0.3 is 0 Å². The van der Waals surface area contributed by atoms with Gasteiger partial charge in [0.15, 0.2) is 0 Å². The third kappa shape index (κ3) is 2.59. The molecule has 5 heteroatoms. The van der Waals surface area contributed by atoms with Gasteiger partial charge in [0.2, 0.25) is 0 Å². The van der Waals surface area contributed by atoms with Crippen LogP contribution in [0.3, 0.4) is 0 Å². The number of nitrogens with one attached hydrogen (secondary N) is 1. The maximum atomic E-state index is 10.3. The Kier molecular flexibility index (Phi) is 4.02. The second-order valence-corrected chi connectivity index (χ2v) is 5.88. The molecule has 21 heavy (non-hydrogen) atoms. The molecule has 1 aromatic heterocycles. The van der Waals surface area contributed by atoms with Crippen molar-refractivity contribution in [3.8, 4) is 0 Å². The van der Waals surface area contributed by atoms with E-state index in [-0.39, 0.29) is 12.1 Å². The summed E-state index contributed by atoms with van der Waals surface area (Å²) in [5.74, 6) is 0. The van der Waals surface area contributed by atoms with E-state index in [1.54, 1.807) is 4.68 Å². The van der Waals surface area contributed by atoms with Crippen LogP contribution in [0.25, 0.3) is 0 Å². The SMILES string of the molecule is CCc1nn(C)c(Cl)c1CN[C@@H]1c2ccccc2C[C@@H]1O. The van der Waals surface area contributed by atoms with Gasteiger partial charge in [-0.05, 0) is 17.5 Å². The predicted octanol–water partition coefficient (Wildman–Crippen LogP) is 2.38. The number of aliphatic hydroxyl groups excluding tert-OH is 1. The Bertz CT molecular complexity index is 653.